The monoisotopic (exact) mass is 1190 g/mol. The molecule has 4 N–H and O–H groups in total. The highest BCUT2D eigenvalue weighted by atomic mass is 16.6. The molecule has 0 aromatic rings. The Bertz CT molecular complexity index is 1320. The Morgan fingerprint density at radius 3 is 0.537 bits per heavy atom. The molecule has 28 heteroatoms. The number of hydrogen-bond donors (Lipinski definition) is 4. The van der Waals surface area contributed by atoms with Crippen molar-refractivity contribution in [3.63, 3.8) is 0 Å². The molecular formula is C54H106N4O24. The van der Waals surface area contributed by atoms with E-state index in [2.05, 4.69) is 21.3 Å². The fourth-order valence-electron chi connectivity index (χ4n) is 5.72. The van der Waals surface area contributed by atoms with Crippen LogP contribution in [0.5, 0.6) is 0 Å². The number of rotatable bonds is 63. The van der Waals surface area contributed by atoms with E-state index in [0.29, 0.717) is 264 Å². The number of amides is 4. The smallest absolute Gasteiger partial charge is 0.407 e. The third kappa shape index (κ3) is 69.3. The van der Waals surface area contributed by atoms with Gasteiger partial charge in [-0.15, -0.1) is 0 Å². The van der Waals surface area contributed by atoms with Gasteiger partial charge in [0.25, 0.3) is 0 Å². The molecular weight excluding hydrogens is 1090 g/mol. The average Bonchev–Trinajstić information content (AvgIpc) is 3.42. The highest BCUT2D eigenvalue weighted by Crippen LogP contribution is 2.07. The first kappa shape index (κ1) is 78.8. The molecule has 0 saturated heterocycles. The molecule has 28 nitrogen and oxygen atoms in total. The van der Waals surface area contributed by atoms with Crippen molar-refractivity contribution in [1.29, 1.82) is 0 Å². The van der Waals surface area contributed by atoms with Crippen molar-refractivity contribution in [2.24, 2.45) is 0 Å². The molecule has 82 heavy (non-hydrogen) atoms. The van der Waals surface area contributed by atoms with E-state index in [9.17, 15) is 19.2 Å². The normalized spacial score (nSPS) is 11.7. The van der Waals surface area contributed by atoms with E-state index in [1.165, 1.54) is 0 Å². The van der Waals surface area contributed by atoms with Crippen LogP contribution in [0.1, 0.15) is 54.4 Å². The first-order valence-electron chi connectivity index (χ1n) is 28.6. The van der Waals surface area contributed by atoms with Crippen LogP contribution in [0.15, 0.2) is 0 Å². The second-order valence-corrected chi connectivity index (χ2v) is 19.1. The van der Waals surface area contributed by atoms with Gasteiger partial charge in [-0.2, -0.15) is 0 Å². The fourth-order valence-corrected chi connectivity index (χ4v) is 5.72. The SMILES string of the molecule is CC(C)(C)OC(=O)NCCOCCOCCOCCOCCC(=O)NCCOCCOCCOCCOCCOCCOCCOCCOCCOCCOCCNC(=O)CCOCCOCCOCCOCCNC(=O)OC(C)(C)C. The van der Waals surface area contributed by atoms with E-state index in [-0.39, 0.29) is 24.7 Å². The summed E-state index contributed by atoms with van der Waals surface area (Å²) in [5, 5.41) is 10.8. The Morgan fingerprint density at radius 2 is 0.366 bits per heavy atom. The summed E-state index contributed by atoms with van der Waals surface area (Å²) in [4.78, 5) is 47.0. The van der Waals surface area contributed by atoms with Gasteiger partial charge in [-0.05, 0) is 41.5 Å². The van der Waals surface area contributed by atoms with Crippen molar-refractivity contribution in [2.45, 2.75) is 65.6 Å². The molecule has 0 fully saturated rings. The molecule has 0 saturated carbocycles. The van der Waals surface area contributed by atoms with Crippen molar-refractivity contribution < 1.29 is 114 Å². The molecule has 0 aromatic heterocycles. The van der Waals surface area contributed by atoms with E-state index in [1.54, 1.807) is 41.5 Å². The number of hydrogen-bond acceptors (Lipinski definition) is 24. The summed E-state index contributed by atoms with van der Waals surface area (Å²) in [6.45, 7) is 27.3. The van der Waals surface area contributed by atoms with Crippen LogP contribution in [-0.4, -0.2) is 299 Å². The molecule has 0 aliphatic heterocycles. The average molecular weight is 1200 g/mol. The van der Waals surface area contributed by atoms with Crippen molar-refractivity contribution in [3.8, 4) is 0 Å². The molecule has 0 rings (SSSR count). The molecule has 0 aliphatic carbocycles. The molecule has 0 aromatic carbocycles. The highest BCUT2D eigenvalue weighted by Gasteiger charge is 2.16. The van der Waals surface area contributed by atoms with Crippen molar-refractivity contribution in [2.75, 3.05) is 264 Å². The van der Waals surface area contributed by atoms with E-state index in [0.717, 1.165) is 0 Å². The Morgan fingerprint density at radius 1 is 0.220 bits per heavy atom. The van der Waals surface area contributed by atoms with E-state index in [1.807, 2.05) is 0 Å². The molecule has 4 amide bonds. The first-order valence-corrected chi connectivity index (χ1v) is 28.6. The number of nitrogens with one attached hydrogen (secondary N) is 4. The standard InChI is InChI=1S/C54H106N4O24/c1-53(2,3)81-51(61)57-11-17-67-23-29-73-33-31-69-25-19-63-13-7-49(59)55-9-15-65-21-27-71-35-37-75-39-41-77-43-45-79-47-48-80-46-44-78-42-40-76-38-36-72-28-22-66-16-10-56-50(60)8-14-64-20-26-70-32-34-74-30-24-68-18-12-58-52(62)82-54(4,5)6/h7-48H2,1-6H3,(H,55,59)(H,56,60)(H,57,61)(H,58,62). The van der Waals surface area contributed by atoms with Crippen LogP contribution >= 0.6 is 0 Å². The molecule has 0 heterocycles. The Labute approximate surface area is 487 Å². The van der Waals surface area contributed by atoms with Gasteiger partial charge in [-0.25, -0.2) is 9.59 Å². The predicted molar refractivity (Wildman–Crippen MR) is 298 cm³/mol. The number of carbonyl (C=O) groups is 4. The molecule has 0 aliphatic rings. The lowest BCUT2D eigenvalue weighted by Gasteiger charge is -2.19. The second kappa shape index (κ2) is 60.9. The third-order valence-electron chi connectivity index (χ3n) is 9.49. The van der Waals surface area contributed by atoms with E-state index >= 15 is 0 Å². The van der Waals surface area contributed by atoms with Gasteiger partial charge in [0, 0.05) is 39.0 Å². The van der Waals surface area contributed by atoms with Gasteiger partial charge in [0.15, 0.2) is 0 Å². The van der Waals surface area contributed by atoms with Crippen molar-refractivity contribution in [1.82, 2.24) is 21.3 Å². The fraction of sp³-hybridized carbons (Fsp3) is 0.926. The van der Waals surface area contributed by atoms with Gasteiger partial charge in [0.1, 0.15) is 11.2 Å². The maximum Gasteiger partial charge on any atom is 0.407 e. The van der Waals surface area contributed by atoms with Crippen LogP contribution in [0, 0.1) is 0 Å². The second-order valence-electron chi connectivity index (χ2n) is 19.1. The summed E-state index contributed by atoms with van der Waals surface area (Å²) in [5.41, 5.74) is -1.07. The van der Waals surface area contributed by atoms with Crippen LogP contribution in [0.2, 0.25) is 0 Å². The Kier molecular flexibility index (Phi) is 58.5. The van der Waals surface area contributed by atoms with Gasteiger partial charge >= 0.3 is 12.2 Å². The number of alkyl carbamates (subject to hydrolysis) is 2. The van der Waals surface area contributed by atoms with Crippen LogP contribution in [0.25, 0.3) is 0 Å². The number of carbonyl (C=O) groups excluding carboxylic acids is 4. The van der Waals surface area contributed by atoms with Gasteiger partial charge in [-0.1, -0.05) is 0 Å². The van der Waals surface area contributed by atoms with Gasteiger partial charge in [-0.3, -0.25) is 9.59 Å². The molecule has 0 spiro atoms. The molecule has 0 atom stereocenters. The zero-order chi connectivity index (χ0) is 60.0. The summed E-state index contributed by atoms with van der Waals surface area (Å²) in [5.74, 6) is -0.227. The Balaban J connectivity index is 3.21. The van der Waals surface area contributed by atoms with E-state index < -0.39 is 23.4 Å². The van der Waals surface area contributed by atoms with Crippen molar-refractivity contribution >= 4 is 24.0 Å². The third-order valence-corrected chi connectivity index (χ3v) is 9.49. The summed E-state index contributed by atoms with van der Waals surface area (Å²) < 4.78 is 109. The largest absolute Gasteiger partial charge is 0.444 e. The minimum absolute atomic E-state index is 0.113. The zero-order valence-corrected chi connectivity index (χ0v) is 50.5. The lowest BCUT2D eigenvalue weighted by molar-refractivity contribution is -0.123. The van der Waals surface area contributed by atoms with Crippen LogP contribution in [-0.2, 0) is 104 Å². The summed E-state index contributed by atoms with van der Waals surface area (Å²) in [6.07, 6.45) is -0.445. The lowest BCUT2D eigenvalue weighted by atomic mass is 10.2. The van der Waals surface area contributed by atoms with Gasteiger partial charge in [0.05, 0.1) is 238 Å². The van der Waals surface area contributed by atoms with Gasteiger partial charge in [0.2, 0.25) is 11.8 Å². The highest BCUT2D eigenvalue weighted by molar-refractivity contribution is 5.76. The summed E-state index contributed by atoms with van der Waals surface area (Å²) in [6, 6.07) is 0. The topological polar surface area (TPSA) is 301 Å². The summed E-state index contributed by atoms with van der Waals surface area (Å²) in [7, 11) is 0. The van der Waals surface area contributed by atoms with Crippen LogP contribution in [0.4, 0.5) is 9.59 Å². The summed E-state index contributed by atoms with van der Waals surface area (Å²) >= 11 is 0. The molecule has 0 radical (unpaired) electrons. The zero-order valence-electron chi connectivity index (χ0n) is 50.5. The minimum atomic E-state index is -0.533. The first-order chi connectivity index (χ1) is 39.8. The quantitative estimate of drug-likeness (QED) is 0.0625. The molecule has 486 valence electrons. The maximum absolute atomic E-state index is 12.0. The predicted octanol–water partition coefficient (Wildman–Crippen LogP) is 1.35. The lowest BCUT2D eigenvalue weighted by Crippen LogP contribution is -2.34. The van der Waals surface area contributed by atoms with E-state index in [4.69, 9.17) is 94.7 Å². The minimum Gasteiger partial charge on any atom is -0.444 e. The maximum atomic E-state index is 12.0. The number of ether oxygens (including phenoxy) is 20. The van der Waals surface area contributed by atoms with Gasteiger partial charge < -0.3 is 116 Å². The molecule has 0 bridgehead atoms. The van der Waals surface area contributed by atoms with Crippen LogP contribution < -0.4 is 21.3 Å². The van der Waals surface area contributed by atoms with Crippen molar-refractivity contribution in [3.05, 3.63) is 0 Å². The Hall–Kier alpha value is -3.24. The molecule has 0 unspecified atom stereocenters. The van der Waals surface area contributed by atoms with Crippen LogP contribution in [0.3, 0.4) is 0 Å².